The first-order valence-electron chi connectivity index (χ1n) is 24.3. The Kier molecular flexibility index (Phi) is 40.0. The predicted molar refractivity (Wildman–Crippen MR) is 250 cm³/mol. The van der Waals surface area contributed by atoms with E-state index in [4.69, 9.17) is 18.5 Å². The van der Waals surface area contributed by atoms with E-state index in [1.165, 1.54) is 122 Å². The van der Waals surface area contributed by atoms with Crippen molar-refractivity contribution in [1.29, 1.82) is 0 Å². The molecule has 0 saturated heterocycles. The van der Waals surface area contributed by atoms with Crippen LogP contribution in [0.2, 0.25) is 0 Å². The van der Waals surface area contributed by atoms with Crippen LogP contribution in [0, 0.1) is 0 Å². The number of unbranched alkanes of at least 4 members (excludes halogenated alkanes) is 21. The highest BCUT2D eigenvalue weighted by molar-refractivity contribution is 7.45. The monoisotopic (exact) mass is 880 g/mol. The molecule has 0 aromatic carbocycles. The summed E-state index contributed by atoms with van der Waals surface area (Å²) < 4.78 is 33.8. The van der Waals surface area contributed by atoms with Gasteiger partial charge in [0.1, 0.15) is 19.8 Å². The summed E-state index contributed by atoms with van der Waals surface area (Å²) >= 11 is 0. The minimum absolute atomic E-state index is 0.0115. The van der Waals surface area contributed by atoms with Crippen LogP contribution < -0.4 is 4.89 Å². The molecule has 0 N–H and O–H groups in total. The van der Waals surface area contributed by atoms with Gasteiger partial charge >= 0.3 is 11.9 Å². The highest BCUT2D eigenvalue weighted by Crippen LogP contribution is 2.38. The van der Waals surface area contributed by atoms with Crippen LogP contribution in [0.15, 0.2) is 48.6 Å². The van der Waals surface area contributed by atoms with E-state index in [0.717, 1.165) is 38.5 Å². The molecule has 1 unspecified atom stereocenters. The van der Waals surface area contributed by atoms with Crippen LogP contribution in [-0.2, 0) is 37.5 Å². The Morgan fingerprint density at radius 3 is 1.61 bits per heavy atom. The molecular formula is C50H90NO9P. The van der Waals surface area contributed by atoms with Gasteiger partial charge in [-0.3, -0.25) is 18.9 Å². The third kappa shape index (κ3) is 45.5. The molecule has 0 aliphatic heterocycles. The van der Waals surface area contributed by atoms with Gasteiger partial charge in [0.05, 0.1) is 27.7 Å². The van der Waals surface area contributed by atoms with E-state index in [1.54, 1.807) is 6.08 Å². The van der Waals surface area contributed by atoms with Crippen LogP contribution >= 0.6 is 7.82 Å². The zero-order chi connectivity index (χ0) is 45.1. The number of carbonyl (C=O) groups excluding carboxylic acids is 3. The van der Waals surface area contributed by atoms with E-state index in [0.29, 0.717) is 17.4 Å². The predicted octanol–water partition coefficient (Wildman–Crippen LogP) is 12.8. The Bertz CT molecular complexity index is 1240. The topological polar surface area (TPSA) is 128 Å². The van der Waals surface area contributed by atoms with Crippen molar-refractivity contribution in [3.8, 4) is 0 Å². The summed E-state index contributed by atoms with van der Waals surface area (Å²) in [5.74, 6) is -1.19. The summed E-state index contributed by atoms with van der Waals surface area (Å²) in [5.41, 5.74) is 0. The molecule has 0 aromatic heterocycles. The first-order chi connectivity index (χ1) is 29.4. The third-order valence-electron chi connectivity index (χ3n) is 10.3. The van der Waals surface area contributed by atoms with E-state index < -0.39 is 32.5 Å². The van der Waals surface area contributed by atoms with Crippen LogP contribution in [0.1, 0.15) is 200 Å². The summed E-state index contributed by atoms with van der Waals surface area (Å²) in [4.78, 5) is 49.9. The number of allylic oxidation sites excluding steroid dienone is 8. The second-order valence-corrected chi connectivity index (χ2v) is 18.9. The number of hydrogen-bond acceptors (Lipinski definition) is 9. The third-order valence-corrected chi connectivity index (χ3v) is 11.3. The van der Waals surface area contributed by atoms with Gasteiger partial charge < -0.3 is 27.9 Å². The second kappa shape index (κ2) is 41.6. The van der Waals surface area contributed by atoms with Crippen LogP contribution in [0.5, 0.6) is 0 Å². The van der Waals surface area contributed by atoms with E-state index in [1.807, 2.05) is 33.3 Å². The largest absolute Gasteiger partial charge is 0.756 e. The van der Waals surface area contributed by atoms with Gasteiger partial charge in [-0.2, -0.15) is 0 Å². The van der Waals surface area contributed by atoms with Gasteiger partial charge in [0.15, 0.2) is 11.9 Å². The van der Waals surface area contributed by atoms with Gasteiger partial charge in [-0.25, -0.2) is 0 Å². The molecule has 0 radical (unpaired) electrons. The molecule has 0 aromatic rings. The van der Waals surface area contributed by atoms with Crippen molar-refractivity contribution in [1.82, 2.24) is 0 Å². The van der Waals surface area contributed by atoms with Crippen molar-refractivity contribution in [3.05, 3.63) is 48.6 Å². The van der Waals surface area contributed by atoms with Gasteiger partial charge in [-0.1, -0.05) is 185 Å². The molecule has 0 heterocycles. The number of hydrogen-bond donors (Lipinski definition) is 0. The van der Waals surface area contributed by atoms with Crippen molar-refractivity contribution in [3.63, 3.8) is 0 Å². The highest BCUT2D eigenvalue weighted by Gasteiger charge is 2.22. The average Bonchev–Trinajstić information content (AvgIpc) is 3.21. The van der Waals surface area contributed by atoms with Crippen LogP contribution in [0.25, 0.3) is 0 Å². The standard InChI is InChI=1S/C50H90NO9P/c1-6-8-10-12-14-16-18-20-21-22-23-24-25-27-29-31-33-35-37-41-50(54)60-48(46-59-61(55,56)58-44-43-51(3,4)5)45-57-49(53)42-38-40-47(52)39-36-34-32-30-28-26-19-17-15-13-11-9-7-2/h15,17,26,28,32,34,36,39,48H,6-14,16,18-25,27,29-31,33,35,37-38,40-46H2,1-5H3/b17-15-,28-26-,34-32-,39-36+/t48-/m1/s1. The maximum absolute atomic E-state index is 12.7. The second-order valence-electron chi connectivity index (χ2n) is 17.5. The van der Waals surface area contributed by atoms with E-state index in [9.17, 15) is 23.8 Å². The minimum atomic E-state index is -4.68. The Balaban J connectivity index is 4.45. The maximum atomic E-state index is 12.7. The number of nitrogens with zero attached hydrogens (tertiary/aromatic N) is 1. The fraction of sp³-hybridized carbons (Fsp3) is 0.780. The molecule has 10 nitrogen and oxygen atoms in total. The van der Waals surface area contributed by atoms with Crippen molar-refractivity contribution >= 4 is 25.5 Å². The number of ketones is 1. The molecule has 0 amide bonds. The highest BCUT2D eigenvalue weighted by atomic mass is 31.2. The number of phosphoric ester groups is 1. The minimum Gasteiger partial charge on any atom is -0.756 e. The molecule has 2 atom stereocenters. The summed E-state index contributed by atoms with van der Waals surface area (Å²) in [6.45, 7) is 3.94. The number of quaternary nitrogens is 1. The number of rotatable bonds is 44. The number of carbonyl (C=O) groups is 3. The quantitative estimate of drug-likeness (QED) is 0.0112. The molecule has 61 heavy (non-hydrogen) atoms. The molecule has 0 bridgehead atoms. The Hall–Kier alpha value is -2.36. The van der Waals surface area contributed by atoms with Crippen LogP contribution in [0.3, 0.4) is 0 Å². The molecule has 0 saturated carbocycles. The lowest BCUT2D eigenvalue weighted by Gasteiger charge is -2.28. The zero-order valence-corrected chi connectivity index (χ0v) is 40.5. The van der Waals surface area contributed by atoms with Gasteiger partial charge in [0.25, 0.3) is 7.82 Å². The lowest BCUT2D eigenvalue weighted by atomic mass is 10.0. The maximum Gasteiger partial charge on any atom is 0.306 e. The van der Waals surface area contributed by atoms with Gasteiger partial charge in [0, 0.05) is 19.3 Å². The fourth-order valence-electron chi connectivity index (χ4n) is 6.49. The molecule has 0 spiro atoms. The average molecular weight is 880 g/mol. The summed E-state index contributed by atoms with van der Waals surface area (Å²) in [7, 11) is 1.04. The van der Waals surface area contributed by atoms with Crippen molar-refractivity contribution in [2.75, 3.05) is 47.5 Å². The first-order valence-corrected chi connectivity index (χ1v) is 25.8. The molecule has 0 rings (SSSR count). The molecule has 11 heteroatoms. The Labute approximate surface area is 373 Å². The Morgan fingerprint density at radius 1 is 0.557 bits per heavy atom. The van der Waals surface area contributed by atoms with E-state index in [-0.39, 0.29) is 44.7 Å². The van der Waals surface area contributed by atoms with Gasteiger partial charge in [-0.05, 0) is 44.6 Å². The van der Waals surface area contributed by atoms with Gasteiger partial charge in [0.2, 0.25) is 0 Å². The molecule has 354 valence electrons. The van der Waals surface area contributed by atoms with Crippen LogP contribution in [-0.4, -0.2) is 75.8 Å². The van der Waals surface area contributed by atoms with E-state index >= 15 is 0 Å². The molecule has 0 aliphatic carbocycles. The van der Waals surface area contributed by atoms with Crippen molar-refractivity contribution in [2.45, 2.75) is 206 Å². The van der Waals surface area contributed by atoms with Crippen LogP contribution in [0.4, 0.5) is 0 Å². The zero-order valence-electron chi connectivity index (χ0n) is 39.6. The van der Waals surface area contributed by atoms with Crippen molar-refractivity contribution in [2.24, 2.45) is 0 Å². The summed E-state index contributed by atoms with van der Waals surface area (Å²) in [6, 6.07) is 0. The Morgan fingerprint density at radius 2 is 1.05 bits per heavy atom. The molecule has 0 fully saturated rings. The number of ether oxygens (including phenoxy) is 2. The van der Waals surface area contributed by atoms with Gasteiger partial charge in [-0.15, -0.1) is 0 Å². The molecular weight excluding hydrogens is 790 g/mol. The lowest BCUT2D eigenvalue weighted by Crippen LogP contribution is -2.37. The summed E-state index contributed by atoms with van der Waals surface area (Å²) in [6.07, 6.45) is 45.7. The van der Waals surface area contributed by atoms with E-state index in [2.05, 4.69) is 38.2 Å². The molecule has 0 aliphatic rings. The lowest BCUT2D eigenvalue weighted by molar-refractivity contribution is -0.870. The van der Waals surface area contributed by atoms with Crippen molar-refractivity contribution < 1.29 is 46.8 Å². The first kappa shape index (κ1) is 58.6. The number of likely N-dealkylation sites (N-methyl/N-ethyl adjacent to an activating group) is 1. The smallest absolute Gasteiger partial charge is 0.306 e. The SMILES string of the molecule is CCCCC/C=C\C/C=C\C/C=C\C=C\C(=O)CCCC(=O)OC[C@H](COP(=O)([O-])OCC[N+](C)(C)C)OC(=O)CCCCCCCCCCCCCCCCCCCCC. The number of esters is 2. The fourth-order valence-corrected chi connectivity index (χ4v) is 7.22. The summed E-state index contributed by atoms with van der Waals surface area (Å²) in [5, 5.41) is 0. The normalized spacial score (nSPS) is 13.8. The number of phosphoric acid groups is 1.